The highest BCUT2D eigenvalue weighted by Crippen LogP contribution is 2.17. The van der Waals surface area contributed by atoms with Gasteiger partial charge in [0.05, 0.1) is 0 Å². The quantitative estimate of drug-likeness (QED) is 0.446. The van der Waals surface area contributed by atoms with Crippen LogP contribution in [0.1, 0.15) is 22.8 Å². The van der Waals surface area contributed by atoms with Crippen molar-refractivity contribution in [3.8, 4) is 0 Å². The standard InChI is InChI=1S/C22H20ClN3O5/c1-12(22(30)31)24-21(29)18(26-20(28)13-6-8-15(23)9-7-13)10-14-11-19(27)25-17-5-3-2-4-16(14)17/h2-9,11-12,18H,10H2,1H3,(H,24,29)(H,25,27)(H,26,28)(H,30,31)/t12-,18?/m0/s1. The maximum absolute atomic E-state index is 12.8. The second-order valence-corrected chi connectivity index (χ2v) is 7.45. The maximum atomic E-state index is 12.8. The number of benzene rings is 2. The zero-order valence-electron chi connectivity index (χ0n) is 16.5. The first kappa shape index (κ1) is 22.0. The summed E-state index contributed by atoms with van der Waals surface area (Å²) in [6, 6.07) is 12.3. The number of H-pyrrole nitrogens is 1. The molecule has 0 saturated carbocycles. The van der Waals surface area contributed by atoms with Gasteiger partial charge >= 0.3 is 5.97 Å². The molecule has 0 bridgehead atoms. The number of aromatic amines is 1. The van der Waals surface area contributed by atoms with E-state index in [9.17, 15) is 19.2 Å². The summed E-state index contributed by atoms with van der Waals surface area (Å²) in [6.45, 7) is 1.32. The largest absolute Gasteiger partial charge is 0.480 e. The number of rotatable bonds is 7. The average Bonchev–Trinajstić information content (AvgIpc) is 2.73. The van der Waals surface area contributed by atoms with Crippen LogP contribution in [0.25, 0.3) is 10.9 Å². The van der Waals surface area contributed by atoms with Crippen molar-refractivity contribution >= 4 is 40.3 Å². The van der Waals surface area contributed by atoms with E-state index in [0.717, 1.165) is 0 Å². The van der Waals surface area contributed by atoms with Gasteiger partial charge in [-0.3, -0.25) is 19.2 Å². The lowest BCUT2D eigenvalue weighted by Crippen LogP contribution is -2.51. The molecule has 3 aromatic rings. The van der Waals surface area contributed by atoms with Crippen LogP contribution in [0.3, 0.4) is 0 Å². The van der Waals surface area contributed by atoms with Crippen molar-refractivity contribution in [2.75, 3.05) is 0 Å². The zero-order valence-corrected chi connectivity index (χ0v) is 17.3. The lowest BCUT2D eigenvalue weighted by atomic mass is 10.0. The highest BCUT2D eigenvalue weighted by Gasteiger charge is 2.26. The van der Waals surface area contributed by atoms with Crippen LogP contribution in [0.15, 0.2) is 59.4 Å². The van der Waals surface area contributed by atoms with Crippen molar-refractivity contribution in [2.24, 2.45) is 0 Å². The number of hydrogen-bond acceptors (Lipinski definition) is 4. The highest BCUT2D eigenvalue weighted by atomic mass is 35.5. The Balaban J connectivity index is 1.93. The monoisotopic (exact) mass is 441 g/mol. The molecular formula is C22H20ClN3O5. The molecule has 3 rings (SSSR count). The summed E-state index contributed by atoms with van der Waals surface area (Å²) in [5.74, 6) is -2.42. The third kappa shape index (κ3) is 5.49. The van der Waals surface area contributed by atoms with Crippen LogP contribution < -0.4 is 16.2 Å². The van der Waals surface area contributed by atoms with Gasteiger partial charge < -0.3 is 20.7 Å². The molecule has 0 saturated heterocycles. The second-order valence-electron chi connectivity index (χ2n) is 7.01. The molecule has 1 aromatic heterocycles. The summed E-state index contributed by atoms with van der Waals surface area (Å²) in [4.78, 5) is 51.4. The number of carbonyl (C=O) groups excluding carboxylic acids is 2. The van der Waals surface area contributed by atoms with Crippen molar-refractivity contribution in [1.82, 2.24) is 15.6 Å². The molecule has 2 atom stereocenters. The van der Waals surface area contributed by atoms with Crippen LogP contribution in [0.5, 0.6) is 0 Å². The number of halogens is 1. The minimum Gasteiger partial charge on any atom is -0.480 e. The number of hydrogen-bond donors (Lipinski definition) is 4. The topological polar surface area (TPSA) is 128 Å². The number of pyridine rings is 1. The van der Waals surface area contributed by atoms with E-state index < -0.39 is 29.9 Å². The third-order valence-electron chi connectivity index (χ3n) is 4.72. The number of aliphatic carboxylic acids is 1. The summed E-state index contributed by atoms with van der Waals surface area (Å²) in [6.07, 6.45) is -0.0120. The molecule has 2 aromatic carbocycles. The summed E-state index contributed by atoms with van der Waals surface area (Å²) in [5.41, 5.74) is 1.06. The molecular weight excluding hydrogens is 422 g/mol. The highest BCUT2D eigenvalue weighted by molar-refractivity contribution is 6.30. The van der Waals surface area contributed by atoms with Gasteiger partial charge in [-0.05, 0) is 42.8 Å². The predicted molar refractivity (Wildman–Crippen MR) is 116 cm³/mol. The number of amides is 2. The number of aromatic nitrogens is 1. The molecule has 1 unspecified atom stereocenters. The Kier molecular flexibility index (Phi) is 6.71. The van der Waals surface area contributed by atoms with Crippen LogP contribution >= 0.6 is 11.6 Å². The fraction of sp³-hybridized carbons (Fsp3) is 0.182. The number of fused-ring (bicyclic) bond motifs is 1. The van der Waals surface area contributed by atoms with Gasteiger partial charge in [0.1, 0.15) is 12.1 Å². The molecule has 31 heavy (non-hydrogen) atoms. The van der Waals surface area contributed by atoms with Gasteiger partial charge in [0.2, 0.25) is 11.5 Å². The molecule has 0 aliphatic carbocycles. The maximum Gasteiger partial charge on any atom is 0.325 e. The van der Waals surface area contributed by atoms with Crippen LogP contribution in [-0.4, -0.2) is 40.0 Å². The summed E-state index contributed by atoms with van der Waals surface area (Å²) < 4.78 is 0. The van der Waals surface area contributed by atoms with E-state index >= 15 is 0 Å². The van der Waals surface area contributed by atoms with E-state index in [1.54, 1.807) is 36.4 Å². The lowest BCUT2D eigenvalue weighted by molar-refractivity contribution is -0.141. The van der Waals surface area contributed by atoms with Gasteiger partial charge in [-0.25, -0.2) is 0 Å². The molecule has 8 nitrogen and oxygen atoms in total. The molecule has 4 N–H and O–H groups in total. The molecule has 1 heterocycles. The van der Waals surface area contributed by atoms with Crippen LogP contribution in [-0.2, 0) is 16.0 Å². The molecule has 0 aliphatic rings. The second kappa shape index (κ2) is 9.44. The van der Waals surface area contributed by atoms with Crippen molar-refractivity contribution in [3.05, 3.63) is 81.1 Å². The first-order valence-corrected chi connectivity index (χ1v) is 9.83. The van der Waals surface area contributed by atoms with Crippen molar-refractivity contribution in [3.63, 3.8) is 0 Å². The Labute approximate surface area is 182 Å². The zero-order chi connectivity index (χ0) is 22.5. The molecule has 0 radical (unpaired) electrons. The molecule has 0 aliphatic heterocycles. The Morgan fingerprint density at radius 3 is 2.42 bits per heavy atom. The van der Waals surface area contributed by atoms with Gasteiger partial charge in [-0.2, -0.15) is 0 Å². The molecule has 0 fully saturated rings. The minimum absolute atomic E-state index is 0.0120. The Morgan fingerprint density at radius 1 is 1.06 bits per heavy atom. The molecule has 9 heteroatoms. The van der Waals surface area contributed by atoms with E-state index in [0.29, 0.717) is 21.5 Å². The first-order chi connectivity index (χ1) is 14.7. The van der Waals surface area contributed by atoms with E-state index in [4.69, 9.17) is 16.7 Å². The van der Waals surface area contributed by atoms with Crippen LogP contribution in [0.4, 0.5) is 0 Å². The smallest absolute Gasteiger partial charge is 0.325 e. The fourth-order valence-electron chi connectivity index (χ4n) is 3.09. The Morgan fingerprint density at radius 2 is 1.74 bits per heavy atom. The molecule has 2 amide bonds. The van der Waals surface area contributed by atoms with E-state index in [2.05, 4.69) is 15.6 Å². The van der Waals surface area contributed by atoms with Crippen LogP contribution in [0, 0.1) is 0 Å². The Hall–Kier alpha value is -3.65. The van der Waals surface area contributed by atoms with E-state index in [1.807, 2.05) is 0 Å². The third-order valence-corrected chi connectivity index (χ3v) is 4.97. The molecule has 160 valence electrons. The summed E-state index contributed by atoms with van der Waals surface area (Å²) >= 11 is 5.85. The van der Waals surface area contributed by atoms with Gasteiger partial charge in [-0.15, -0.1) is 0 Å². The summed E-state index contributed by atoms with van der Waals surface area (Å²) in [7, 11) is 0. The van der Waals surface area contributed by atoms with Crippen molar-refractivity contribution in [1.29, 1.82) is 0 Å². The van der Waals surface area contributed by atoms with Gasteiger partial charge in [0.15, 0.2) is 0 Å². The number of nitrogens with one attached hydrogen (secondary N) is 3. The van der Waals surface area contributed by atoms with Gasteiger partial charge in [0, 0.05) is 34.0 Å². The minimum atomic E-state index is -1.21. The summed E-state index contributed by atoms with van der Waals surface area (Å²) in [5, 5.41) is 15.3. The number of para-hydroxylation sites is 1. The van der Waals surface area contributed by atoms with E-state index in [1.165, 1.54) is 25.1 Å². The fourth-order valence-corrected chi connectivity index (χ4v) is 3.22. The number of carboxylic acids is 1. The average molecular weight is 442 g/mol. The number of carboxylic acid groups (broad SMARTS) is 1. The van der Waals surface area contributed by atoms with Gasteiger partial charge in [0.25, 0.3) is 5.91 Å². The SMILES string of the molecule is C[C@H](NC(=O)C(Cc1cc(=O)[nH]c2ccccc12)NC(=O)c1ccc(Cl)cc1)C(=O)O. The molecule has 0 spiro atoms. The van der Waals surface area contributed by atoms with Crippen molar-refractivity contribution < 1.29 is 19.5 Å². The van der Waals surface area contributed by atoms with Crippen molar-refractivity contribution in [2.45, 2.75) is 25.4 Å². The van der Waals surface area contributed by atoms with Gasteiger partial charge in [-0.1, -0.05) is 29.8 Å². The Bertz CT molecular complexity index is 1190. The van der Waals surface area contributed by atoms with E-state index in [-0.39, 0.29) is 17.5 Å². The van der Waals surface area contributed by atoms with Crippen LogP contribution in [0.2, 0.25) is 5.02 Å². The first-order valence-electron chi connectivity index (χ1n) is 9.45. The lowest BCUT2D eigenvalue weighted by Gasteiger charge is -2.21. The normalized spacial score (nSPS) is 12.7. The predicted octanol–water partition coefficient (Wildman–Crippen LogP) is 2.11. The number of carbonyl (C=O) groups is 3.